The van der Waals surface area contributed by atoms with Crippen LogP contribution in [0.5, 0.6) is 0 Å². The van der Waals surface area contributed by atoms with Gasteiger partial charge in [-0.3, -0.25) is 4.79 Å². The van der Waals surface area contributed by atoms with Crippen LogP contribution in [0.1, 0.15) is 35.0 Å². The quantitative estimate of drug-likeness (QED) is 0.558. The molecule has 1 aromatic heterocycles. The van der Waals surface area contributed by atoms with Gasteiger partial charge in [-0.1, -0.05) is 12.1 Å². The standard InChI is InChI=1S/C17H22N4O2/c1-17(9-11-23-2,14-4-3-10-20-14)13-7-5-12(6-8-13)15(22)21-16(18)19/h3-8,10,20H,9,11H2,1-2H3,(H4,18,19,21,22). The first-order valence-electron chi connectivity index (χ1n) is 7.34. The van der Waals surface area contributed by atoms with E-state index in [0.29, 0.717) is 12.2 Å². The molecule has 2 aromatic rings. The monoisotopic (exact) mass is 314 g/mol. The van der Waals surface area contributed by atoms with Crippen molar-refractivity contribution in [2.24, 2.45) is 16.5 Å². The number of nitrogens with two attached hydrogens (primary N) is 2. The van der Waals surface area contributed by atoms with Crippen molar-refractivity contribution in [1.82, 2.24) is 4.98 Å². The molecule has 6 nitrogen and oxygen atoms in total. The lowest BCUT2D eigenvalue weighted by Gasteiger charge is -2.29. The number of H-pyrrole nitrogens is 1. The van der Waals surface area contributed by atoms with E-state index in [1.165, 1.54) is 0 Å². The van der Waals surface area contributed by atoms with E-state index < -0.39 is 5.91 Å². The average Bonchev–Trinajstić information content (AvgIpc) is 3.07. The van der Waals surface area contributed by atoms with Gasteiger partial charge in [0.05, 0.1) is 0 Å². The number of nitrogens with zero attached hydrogens (tertiary/aromatic N) is 1. The van der Waals surface area contributed by atoms with Crippen molar-refractivity contribution in [3.8, 4) is 0 Å². The summed E-state index contributed by atoms with van der Waals surface area (Å²) in [6.45, 7) is 2.77. The first-order valence-corrected chi connectivity index (χ1v) is 7.34. The summed E-state index contributed by atoms with van der Waals surface area (Å²) in [5.74, 6) is -0.689. The number of benzene rings is 1. The summed E-state index contributed by atoms with van der Waals surface area (Å²) >= 11 is 0. The molecule has 1 unspecified atom stereocenters. The Morgan fingerprint density at radius 2 is 1.96 bits per heavy atom. The summed E-state index contributed by atoms with van der Waals surface area (Å²) in [6.07, 6.45) is 2.71. The fourth-order valence-electron chi connectivity index (χ4n) is 2.58. The molecule has 0 fully saturated rings. The minimum absolute atomic E-state index is 0.239. The van der Waals surface area contributed by atoms with E-state index in [1.807, 2.05) is 30.5 Å². The van der Waals surface area contributed by atoms with E-state index in [9.17, 15) is 4.79 Å². The van der Waals surface area contributed by atoms with E-state index >= 15 is 0 Å². The zero-order valence-electron chi connectivity index (χ0n) is 13.4. The van der Waals surface area contributed by atoms with Gasteiger partial charge in [0.1, 0.15) is 0 Å². The fraction of sp³-hybridized carbons (Fsp3) is 0.294. The normalized spacial score (nSPS) is 13.3. The number of carbonyl (C=O) groups excluding carboxylic acids is 1. The van der Waals surface area contributed by atoms with E-state index in [-0.39, 0.29) is 11.4 Å². The Hall–Kier alpha value is -2.60. The zero-order valence-corrected chi connectivity index (χ0v) is 13.4. The van der Waals surface area contributed by atoms with Gasteiger partial charge < -0.3 is 21.2 Å². The Kier molecular flexibility index (Phi) is 5.18. The number of aromatic amines is 1. The number of hydrogen-bond donors (Lipinski definition) is 3. The molecule has 5 N–H and O–H groups in total. The Morgan fingerprint density at radius 1 is 1.26 bits per heavy atom. The number of ether oxygens (including phenoxy) is 1. The number of carbonyl (C=O) groups is 1. The number of amides is 1. The van der Waals surface area contributed by atoms with Crippen molar-refractivity contribution in [1.29, 1.82) is 0 Å². The van der Waals surface area contributed by atoms with E-state index in [2.05, 4.69) is 16.9 Å². The van der Waals surface area contributed by atoms with Gasteiger partial charge in [0.2, 0.25) is 0 Å². The van der Waals surface area contributed by atoms with Crippen LogP contribution in [0.15, 0.2) is 47.6 Å². The van der Waals surface area contributed by atoms with Crippen molar-refractivity contribution < 1.29 is 9.53 Å². The van der Waals surface area contributed by atoms with Gasteiger partial charge in [-0.05, 0) is 43.2 Å². The highest BCUT2D eigenvalue weighted by atomic mass is 16.5. The molecule has 0 aliphatic rings. The lowest BCUT2D eigenvalue weighted by Crippen LogP contribution is -2.26. The molecule has 1 heterocycles. The molecule has 0 aliphatic heterocycles. The van der Waals surface area contributed by atoms with Gasteiger partial charge in [-0.2, -0.15) is 4.99 Å². The zero-order chi connectivity index (χ0) is 16.9. The smallest absolute Gasteiger partial charge is 0.280 e. The van der Waals surface area contributed by atoms with Crippen molar-refractivity contribution in [3.05, 3.63) is 59.4 Å². The van der Waals surface area contributed by atoms with Crippen molar-refractivity contribution >= 4 is 11.9 Å². The summed E-state index contributed by atoms with van der Waals surface area (Å²) in [7, 11) is 1.69. The highest BCUT2D eigenvalue weighted by Gasteiger charge is 2.29. The third kappa shape index (κ3) is 3.78. The molecule has 2 rings (SSSR count). The number of hydrogen-bond acceptors (Lipinski definition) is 2. The summed E-state index contributed by atoms with van der Waals surface area (Å²) < 4.78 is 5.25. The SMILES string of the molecule is COCCC(C)(c1ccc(C(=O)N=C(N)N)cc1)c1ccc[nH]1. The van der Waals surface area contributed by atoms with E-state index in [1.54, 1.807) is 19.2 Å². The Morgan fingerprint density at radius 3 is 2.48 bits per heavy atom. The summed E-state index contributed by atoms with van der Waals surface area (Å²) in [5.41, 5.74) is 12.9. The van der Waals surface area contributed by atoms with E-state index in [0.717, 1.165) is 17.7 Å². The molecule has 0 bridgehead atoms. The molecule has 0 saturated heterocycles. The Bertz CT molecular complexity index is 673. The first kappa shape index (κ1) is 16.8. The maximum absolute atomic E-state index is 11.8. The molecular formula is C17H22N4O2. The molecule has 122 valence electrons. The second-order valence-electron chi connectivity index (χ2n) is 5.58. The van der Waals surface area contributed by atoms with Gasteiger partial charge in [-0.15, -0.1) is 0 Å². The maximum atomic E-state index is 11.8. The highest BCUT2D eigenvalue weighted by Crippen LogP contribution is 2.34. The molecule has 1 aromatic carbocycles. The molecule has 0 spiro atoms. The third-order valence-corrected chi connectivity index (χ3v) is 4.00. The number of rotatable bonds is 6. The number of nitrogens with one attached hydrogen (secondary N) is 1. The second-order valence-corrected chi connectivity index (χ2v) is 5.58. The predicted octanol–water partition coefficient (Wildman–Crippen LogP) is 1.77. The van der Waals surface area contributed by atoms with Crippen LogP contribution >= 0.6 is 0 Å². The summed E-state index contributed by atoms with van der Waals surface area (Å²) in [4.78, 5) is 18.7. The Labute approximate surface area is 135 Å². The predicted molar refractivity (Wildman–Crippen MR) is 90.3 cm³/mol. The highest BCUT2D eigenvalue weighted by molar-refractivity contribution is 6.01. The van der Waals surface area contributed by atoms with Gasteiger partial charge >= 0.3 is 0 Å². The first-order chi connectivity index (χ1) is 11.0. The van der Waals surface area contributed by atoms with Gasteiger partial charge in [0.15, 0.2) is 5.96 Å². The van der Waals surface area contributed by atoms with Crippen molar-refractivity contribution in [2.75, 3.05) is 13.7 Å². The third-order valence-electron chi connectivity index (χ3n) is 4.00. The molecule has 23 heavy (non-hydrogen) atoms. The topological polar surface area (TPSA) is 106 Å². The number of aliphatic imine (C=N–C) groups is 1. The van der Waals surface area contributed by atoms with Crippen LogP contribution < -0.4 is 11.5 Å². The minimum atomic E-state index is -0.449. The number of methoxy groups -OCH3 is 1. The van der Waals surface area contributed by atoms with Crippen LogP contribution in [0.25, 0.3) is 0 Å². The van der Waals surface area contributed by atoms with Crippen LogP contribution in [0, 0.1) is 0 Å². The minimum Gasteiger partial charge on any atom is -0.385 e. The van der Waals surface area contributed by atoms with Crippen LogP contribution in [0.4, 0.5) is 0 Å². The maximum Gasteiger partial charge on any atom is 0.280 e. The van der Waals surface area contributed by atoms with Crippen LogP contribution in [-0.2, 0) is 10.2 Å². The van der Waals surface area contributed by atoms with E-state index in [4.69, 9.17) is 16.2 Å². The molecule has 6 heteroatoms. The van der Waals surface area contributed by atoms with Gasteiger partial charge in [0.25, 0.3) is 5.91 Å². The molecule has 1 amide bonds. The lowest BCUT2D eigenvalue weighted by molar-refractivity contribution is 0.100. The van der Waals surface area contributed by atoms with Crippen molar-refractivity contribution in [2.45, 2.75) is 18.8 Å². The number of guanidine groups is 1. The van der Waals surface area contributed by atoms with Crippen LogP contribution in [-0.4, -0.2) is 30.6 Å². The van der Waals surface area contributed by atoms with Crippen molar-refractivity contribution in [3.63, 3.8) is 0 Å². The molecule has 1 atom stereocenters. The molecular weight excluding hydrogens is 292 g/mol. The average molecular weight is 314 g/mol. The Balaban J connectivity index is 2.33. The second kappa shape index (κ2) is 7.11. The molecule has 0 radical (unpaired) electrons. The lowest BCUT2D eigenvalue weighted by atomic mass is 9.76. The summed E-state index contributed by atoms with van der Waals surface area (Å²) in [5, 5.41) is 0. The fourth-order valence-corrected chi connectivity index (χ4v) is 2.58. The van der Waals surface area contributed by atoms with Crippen LogP contribution in [0.2, 0.25) is 0 Å². The largest absolute Gasteiger partial charge is 0.385 e. The van der Waals surface area contributed by atoms with Gasteiger partial charge in [0, 0.05) is 36.6 Å². The van der Waals surface area contributed by atoms with Crippen LogP contribution in [0.3, 0.4) is 0 Å². The molecule has 0 aliphatic carbocycles. The summed E-state index contributed by atoms with van der Waals surface area (Å²) in [6, 6.07) is 11.3. The van der Waals surface area contributed by atoms with Gasteiger partial charge in [-0.25, -0.2) is 0 Å². The molecule has 0 saturated carbocycles. The number of aromatic nitrogens is 1.